The van der Waals surface area contributed by atoms with Gasteiger partial charge in [0.05, 0.1) is 18.0 Å². The Hall–Kier alpha value is -1.63. The fourth-order valence-electron chi connectivity index (χ4n) is 3.28. The van der Waals surface area contributed by atoms with Gasteiger partial charge in [-0.3, -0.25) is 19.4 Å². The van der Waals surface area contributed by atoms with Crippen LogP contribution in [0, 0.1) is 11.3 Å². The predicted molar refractivity (Wildman–Crippen MR) is 74.8 cm³/mol. The molecule has 0 aromatic carbocycles. The van der Waals surface area contributed by atoms with E-state index >= 15 is 0 Å². The van der Waals surface area contributed by atoms with Crippen LogP contribution >= 0.6 is 0 Å². The maximum atomic E-state index is 12.6. The van der Waals surface area contributed by atoms with Crippen LogP contribution in [0.25, 0.3) is 0 Å². The van der Waals surface area contributed by atoms with E-state index in [1.54, 1.807) is 0 Å². The van der Waals surface area contributed by atoms with E-state index in [4.69, 9.17) is 5.73 Å². The third-order valence-electron chi connectivity index (χ3n) is 4.26. The first-order valence-electron chi connectivity index (χ1n) is 7.26. The Balaban J connectivity index is 2.49. The van der Waals surface area contributed by atoms with Gasteiger partial charge in [-0.05, 0) is 18.3 Å². The predicted octanol–water partition coefficient (Wildman–Crippen LogP) is 0.199. The number of hydrogen-bond acceptors (Lipinski definition) is 4. The molecular formula is C14H23N3O4. The standard InChI is InChI=1S/C14H23N3O4/c1-14(2,3)11-8(13(20)21)6-7-16-10(18)5-4-9(15)12(19)17(11)16/h8-9,11H,4-7,15H2,1-3H3,(H,20,21)/t8?,9-,11-/m0/s1. The van der Waals surface area contributed by atoms with Crippen LogP contribution in [0.15, 0.2) is 0 Å². The van der Waals surface area contributed by atoms with Crippen molar-refractivity contribution in [3.05, 3.63) is 0 Å². The minimum atomic E-state index is -0.937. The molecule has 2 fully saturated rings. The van der Waals surface area contributed by atoms with Crippen molar-refractivity contribution in [2.45, 2.75) is 52.1 Å². The van der Waals surface area contributed by atoms with Crippen molar-refractivity contribution < 1.29 is 19.5 Å². The van der Waals surface area contributed by atoms with Gasteiger partial charge in [0.1, 0.15) is 0 Å². The van der Waals surface area contributed by atoms with Gasteiger partial charge in [-0.25, -0.2) is 5.01 Å². The van der Waals surface area contributed by atoms with Crippen molar-refractivity contribution in [3.8, 4) is 0 Å². The maximum Gasteiger partial charge on any atom is 0.308 e. The van der Waals surface area contributed by atoms with E-state index < -0.39 is 29.4 Å². The molecule has 0 bridgehead atoms. The summed E-state index contributed by atoms with van der Waals surface area (Å²) in [5.74, 6) is -2.14. The Labute approximate surface area is 124 Å². The molecule has 2 saturated heterocycles. The molecule has 0 saturated carbocycles. The normalized spacial score (nSPS) is 31.0. The van der Waals surface area contributed by atoms with Crippen LogP contribution in [0.4, 0.5) is 0 Å². The summed E-state index contributed by atoms with van der Waals surface area (Å²) >= 11 is 0. The van der Waals surface area contributed by atoms with E-state index in [1.807, 2.05) is 20.8 Å². The van der Waals surface area contributed by atoms with Crippen molar-refractivity contribution >= 4 is 17.8 Å². The molecule has 0 radical (unpaired) electrons. The zero-order chi connectivity index (χ0) is 15.9. The van der Waals surface area contributed by atoms with Gasteiger partial charge in [0.15, 0.2) is 0 Å². The Morgan fingerprint density at radius 3 is 2.43 bits per heavy atom. The summed E-state index contributed by atoms with van der Waals surface area (Å²) in [5.41, 5.74) is 5.39. The second-order valence-electron chi connectivity index (χ2n) is 6.89. The zero-order valence-corrected chi connectivity index (χ0v) is 12.7. The largest absolute Gasteiger partial charge is 0.481 e. The summed E-state index contributed by atoms with van der Waals surface area (Å²) < 4.78 is 0. The minimum Gasteiger partial charge on any atom is -0.481 e. The minimum absolute atomic E-state index is 0.158. The number of carboxylic acid groups (broad SMARTS) is 1. The van der Waals surface area contributed by atoms with Crippen LogP contribution in [0.2, 0.25) is 0 Å². The highest BCUT2D eigenvalue weighted by atomic mass is 16.4. The van der Waals surface area contributed by atoms with Gasteiger partial charge in [0.2, 0.25) is 5.91 Å². The number of fused-ring (bicyclic) bond motifs is 1. The summed E-state index contributed by atoms with van der Waals surface area (Å²) in [6, 6.07) is -1.33. The highest BCUT2D eigenvalue weighted by Gasteiger charge is 2.51. The molecule has 3 N–H and O–H groups in total. The number of nitrogens with two attached hydrogens (primary N) is 1. The number of carbonyl (C=O) groups is 3. The summed E-state index contributed by atoms with van der Waals surface area (Å²) in [6.45, 7) is 5.89. The monoisotopic (exact) mass is 297 g/mol. The first-order chi connectivity index (χ1) is 9.64. The van der Waals surface area contributed by atoms with Crippen molar-refractivity contribution in [1.82, 2.24) is 10.0 Å². The average Bonchev–Trinajstić information content (AvgIpc) is 2.49. The van der Waals surface area contributed by atoms with Crippen molar-refractivity contribution in [3.63, 3.8) is 0 Å². The molecule has 3 atom stereocenters. The van der Waals surface area contributed by atoms with Gasteiger partial charge in [0, 0.05) is 13.0 Å². The van der Waals surface area contributed by atoms with E-state index in [0.717, 1.165) is 0 Å². The maximum absolute atomic E-state index is 12.6. The lowest BCUT2D eigenvalue weighted by Gasteiger charge is -2.51. The van der Waals surface area contributed by atoms with Crippen LogP contribution in [0.1, 0.15) is 40.0 Å². The Morgan fingerprint density at radius 1 is 1.29 bits per heavy atom. The molecule has 2 aliphatic heterocycles. The molecular weight excluding hydrogens is 274 g/mol. The number of hydrogen-bond donors (Lipinski definition) is 2. The first kappa shape index (κ1) is 15.8. The quantitative estimate of drug-likeness (QED) is 0.719. The smallest absolute Gasteiger partial charge is 0.308 e. The number of carbonyl (C=O) groups excluding carboxylic acids is 2. The summed E-state index contributed by atoms with van der Waals surface area (Å²) in [6.07, 6.45) is 0.874. The molecule has 21 heavy (non-hydrogen) atoms. The van der Waals surface area contributed by atoms with Gasteiger partial charge < -0.3 is 10.8 Å². The SMILES string of the molecule is CC(C)(C)[C@@H]1C(C(=O)O)CCN2C(=O)CC[C@H](N)C(=O)N12. The highest BCUT2D eigenvalue weighted by molar-refractivity contribution is 5.89. The molecule has 2 heterocycles. The molecule has 1 unspecified atom stereocenters. The molecule has 0 spiro atoms. The number of aliphatic carboxylic acids is 1. The molecule has 0 aliphatic carbocycles. The van der Waals surface area contributed by atoms with Crippen LogP contribution in [-0.4, -0.2) is 51.5 Å². The topological polar surface area (TPSA) is 104 Å². The van der Waals surface area contributed by atoms with Gasteiger partial charge in [-0.1, -0.05) is 20.8 Å². The summed E-state index contributed by atoms with van der Waals surface area (Å²) in [4.78, 5) is 36.4. The molecule has 118 valence electrons. The number of hydrazine groups is 1. The Morgan fingerprint density at radius 2 is 1.90 bits per heavy atom. The zero-order valence-electron chi connectivity index (χ0n) is 12.7. The average molecular weight is 297 g/mol. The highest BCUT2D eigenvalue weighted by Crippen LogP contribution is 2.38. The van der Waals surface area contributed by atoms with E-state index in [9.17, 15) is 19.5 Å². The fraction of sp³-hybridized carbons (Fsp3) is 0.786. The van der Waals surface area contributed by atoms with Gasteiger partial charge in [-0.2, -0.15) is 0 Å². The van der Waals surface area contributed by atoms with Gasteiger partial charge in [-0.15, -0.1) is 0 Å². The lowest BCUT2D eigenvalue weighted by Crippen LogP contribution is -2.66. The van der Waals surface area contributed by atoms with Crippen LogP contribution < -0.4 is 5.73 Å². The van der Waals surface area contributed by atoms with E-state index in [-0.39, 0.29) is 24.8 Å². The molecule has 7 nitrogen and oxygen atoms in total. The van der Waals surface area contributed by atoms with E-state index in [0.29, 0.717) is 12.8 Å². The summed E-state index contributed by atoms with van der Waals surface area (Å²) in [5, 5.41) is 12.2. The lowest BCUT2D eigenvalue weighted by atomic mass is 9.75. The molecule has 2 rings (SSSR count). The van der Waals surface area contributed by atoms with Crippen molar-refractivity contribution in [1.29, 1.82) is 0 Å². The number of carboxylic acids is 1. The molecule has 0 aromatic heterocycles. The van der Waals surface area contributed by atoms with Crippen LogP contribution in [0.5, 0.6) is 0 Å². The van der Waals surface area contributed by atoms with Crippen molar-refractivity contribution in [2.24, 2.45) is 17.1 Å². The molecule has 7 heteroatoms. The van der Waals surface area contributed by atoms with Gasteiger partial charge in [0.25, 0.3) is 5.91 Å². The molecule has 2 aliphatic rings. The first-order valence-corrected chi connectivity index (χ1v) is 7.26. The number of nitrogens with zero attached hydrogens (tertiary/aromatic N) is 2. The Kier molecular flexibility index (Phi) is 3.97. The Bertz CT molecular complexity index is 471. The van der Waals surface area contributed by atoms with Crippen LogP contribution in [0.3, 0.4) is 0 Å². The number of amides is 2. The second kappa shape index (κ2) is 5.29. The van der Waals surface area contributed by atoms with Gasteiger partial charge >= 0.3 is 5.97 Å². The third kappa shape index (κ3) is 2.74. The lowest BCUT2D eigenvalue weighted by molar-refractivity contribution is -0.191. The molecule has 0 aromatic rings. The summed E-state index contributed by atoms with van der Waals surface area (Å²) in [7, 11) is 0. The van der Waals surface area contributed by atoms with Crippen LogP contribution in [-0.2, 0) is 14.4 Å². The van der Waals surface area contributed by atoms with E-state index in [1.165, 1.54) is 10.0 Å². The molecule has 2 amide bonds. The fourth-order valence-corrected chi connectivity index (χ4v) is 3.28. The number of rotatable bonds is 1. The van der Waals surface area contributed by atoms with Crippen molar-refractivity contribution in [2.75, 3.05) is 6.54 Å². The third-order valence-corrected chi connectivity index (χ3v) is 4.26. The van der Waals surface area contributed by atoms with E-state index in [2.05, 4.69) is 0 Å². The second-order valence-corrected chi connectivity index (χ2v) is 6.89.